The zero-order chi connectivity index (χ0) is 24.6. The van der Waals surface area contributed by atoms with Crippen molar-refractivity contribution < 1.29 is 4.79 Å². The number of rotatable bonds is 10. The second-order valence-electron chi connectivity index (χ2n) is 6.79. The van der Waals surface area contributed by atoms with Gasteiger partial charge in [-0.05, 0) is 30.7 Å². The molecule has 0 radical (unpaired) electrons. The number of hydrogen-bond donors (Lipinski definition) is 3. The maximum Gasteiger partial charge on any atom is 0.264 e. The molecule has 3 aromatic heterocycles. The summed E-state index contributed by atoms with van der Waals surface area (Å²) in [4.78, 5) is 16.6. The number of amides is 1. The highest BCUT2D eigenvalue weighted by Gasteiger charge is 2.14. The number of aromatic nitrogens is 6. The van der Waals surface area contributed by atoms with Gasteiger partial charge in [-0.1, -0.05) is 70.7 Å². The molecule has 0 unspecified atom stereocenters. The highest BCUT2D eigenvalue weighted by Crippen LogP contribution is 2.30. The van der Waals surface area contributed by atoms with Crippen molar-refractivity contribution in [3.05, 3.63) is 64.9 Å². The van der Waals surface area contributed by atoms with Crippen molar-refractivity contribution in [1.29, 1.82) is 0 Å². The van der Waals surface area contributed by atoms with Gasteiger partial charge in [0.05, 0.1) is 17.2 Å². The van der Waals surface area contributed by atoms with E-state index in [0.717, 1.165) is 27.4 Å². The summed E-state index contributed by atoms with van der Waals surface area (Å²) < 4.78 is 1.95. The zero-order valence-corrected chi connectivity index (χ0v) is 21.5. The summed E-state index contributed by atoms with van der Waals surface area (Å²) in [6, 6.07) is 13.2. The lowest BCUT2D eigenvalue weighted by Gasteiger charge is -2.04. The number of thioether (sulfide) groups is 2. The van der Waals surface area contributed by atoms with E-state index in [1.54, 1.807) is 13.1 Å². The van der Waals surface area contributed by atoms with Gasteiger partial charge in [-0.15, -0.1) is 20.4 Å². The van der Waals surface area contributed by atoms with E-state index >= 15 is 0 Å². The SMILES string of the molecule is C/C(=N\Nc1nnc(SCC(=O)Nc2nnc(SCc3ccccc3Cl)s2)n1N)c1ccccn1. The Morgan fingerprint density at radius 2 is 1.97 bits per heavy atom. The Hall–Kier alpha value is -3.20. The lowest BCUT2D eigenvalue weighted by Crippen LogP contribution is -2.17. The maximum absolute atomic E-state index is 12.3. The van der Waals surface area contributed by atoms with Gasteiger partial charge in [0.1, 0.15) is 0 Å². The fraction of sp³-hybridized carbons (Fsp3) is 0.150. The van der Waals surface area contributed by atoms with Crippen molar-refractivity contribution in [2.75, 3.05) is 22.3 Å². The van der Waals surface area contributed by atoms with Crippen LogP contribution < -0.4 is 16.6 Å². The van der Waals surface area contributed by atoms with E-state index in [1.807, 2.05) is 42.5 Å². The third-order valence-corrected chi connectivity index (χ3v) is 7.65. The summed E-state index contributed by atoms with van der Waals surface area (Å²) in [6.07, 6.45) is 1.68. The van der Waals surface area contributed by atoms with Crippen molar-refractivity contribution in [3.8, 4) is 0 Å². The highest BCUT2D eigenvalue weighted by atomic mass is 35.5. The minimum Gasteiger partial charge on any atom is -0.334 e. The van der Waals surface area contributed by atoms with Crippen LogP contribution in [0.5, 0.6) is 0 Å². The average Bonchev–Trinajstić information content (AvgIpc) is 3.47. The van der Waals surface area contributed by atoms with Gasteiger partial charge in [0, 0.05) is 17.0 Å². The number of nitrogens with one attached hydrogen (secondary N) is 2. The molecule has 15 heteroatoms. The molecule has 4 rings (SSSR count). The first-order valence-corrected chi connectivity index (χ1v) is 13.2. The van der Waals surface area contributed by atoms with Gasteiger partial charge in [-0.2, -0.15) is 5.10 Å². The van der Waals surface area contributed by atoms with Crippen molar-refractivity contribution in [2.24, 2.45) is 5.10 Å². The van der Waals surface area contributed by atoms with Crippen molar-refractivity contribution in [1.82, 2.24) is 30.1 Å². The van der Waals surface area contributed by atoms with Crippen LogP contribution in [0.15, 0.2) is 63.3 Å². The number of hydrazone groups is 1. The van der Waals surface area contributed by atoms with Gasteiger partial charge < -0.3 is 5.84 Å². The number of anilines is 2. The number of nitrogens with zero attached hydrogens (tertiary/aromatic N) is 7. The molecular weight excluding hydrogens is 528 g/mol. The Morgan fingerprint density at radius 3 is 2.77 bits per heavy atom. The lowest BCUT2D eigenvalue weighted by atomic mass is 10.2. The molecule has 0 spiro atoms. The van der Waals surface area contributed by atoms with Crippen LogP contribution in [0.1, 0.15) is 18.2 Å². The number of halogens is 1. The fourth-order valence-corrected chi connectivity index (χ4v) is 5.29. The van der Waals surface area contributed by atoms with Crippen molar-refractivity contribution >= 4 is 69.2 Å². The summed E-state index contributed by atoms with van der Waals surface area (Å²) in [6.45, 7) is 1.81. The molecule has 3 heterocycles. The van der Waals surface area contributed by atoms with Crippen LogP contribution in [0.4, 0.5) is 11.1 Å². The van der Waals surface area contributed by atoms with E-state index in [4.69, 9.17) is 17.4 Å². The maximum atomic E-state index is 12.3. The first kappa shape index (κ1) is 24.9. The van der Waals surface area contributed by atoms with Gasteiger partial charge in [-0.25, -0.2) is 10.1 Å². The third kappa shape index (κ3) is 6.91. The summed E-state index contributed by atoms with van der Waals surface area (Å²) in [5, 5.41) is 24.5. The lowest BCUT2D eigenvalue weighted by molar-refractivity contribution is -0.113. The Bertz CT molecular complexity index is 1330. The van der Waals surface area contributed by atoms with E-state index in [2.05, 4.69) is 41.2 Å². The van der Waals surface area contributed by atoms with Crippen LogP contribution in [0.25, 0.3) is 0 Å². The molecule has 4 N–H and O–H groups in total. The average molecular weight is 547 g/mol. The van der Waals surface area contributed by atoms with E-state index in [-0.39, 0.29) is 17.6 Å². The van der Waals surface area contributed by atoms with Crippen LogP contribution >= 0.6 is 46.5 Å². The Labute approximate surface area is 218 Å². The summed E-state index contributed by atoms with van der Waals surface area (Å²) in [5.41, 5.74) is 5.14. The predicted octanol–water partition coefficient (Wildman–Crippen LogP) is 3.75. The molecule has 0 saturated heterocycles. The molecule has 0 aliphatic rings. The molecule has 4 aromatic rings. The molecule has 1 aromatic carbocycles. The van der Waals surface area contributed by atoms with Gasteiger partial charge >= 0.3 is 0 Å². The van der Waals surface area contributed by atoms with Gasteiger partial charge in [0.25, 0.3) is 5.95 Å². The fourth-order valence-electron chi connectivity index (χ4n) is 2.58. The van der Waals surface area contributed by atoms with Crippen LogP contribution in [-0.4, -0.2) is 47.4 Å². The number of hydrogen-bond acceptors (Lipinski definition) is 12. The third-order valence-electron chi connectivity index (χ3n) is 4.32. The number of nitrogen functional groups attached to an aromatic ring is 1. The Morgan fingerprint density at radius 1 is 1.14 bits per heavy atom. The Kier molecular flexibility index (Phi) is 8.52. The largest absolute Gasteiger partial charge is 0.334 e. The number of carbonyl (C=O) groups is 1. The predicted molar refractivity (Wildman–Crippen MR) is 141 cm³/mol. The van der Waals surface area contributed by atoms with Crippen LogP contribution in [0, 0.1) is 0 Å². The van der Waals surface area contributed by atoms with E-state index in [1.165, 1.54) is 27.8 Å². The van der Waals surface area contributed by atoms with Crippen LogP contribution in [0.3, 0.4) is 0 Å². The molecule has 1 amide bonds. The van der Waals surface area contributed by atoms with Crippen molar-refractivity contribution in [2.45, 2.75) is 22.2 Å². The molecule has 35 heavy (non-hydrogen) atoms. The first-order valence-electron chi connectivity index (χ1n) is 10.0. The zero-order valence-electron chi connectivity index (χ0n) is 18.3. The smallest absolute Gasteiger partial charge is 0.264 e. The summed E-state index contributed by atoms with van der Waals surface area (Å²) in [5.74, 6) is 6.70. The molecule has 0 saturated carbocycles. The van der Waals surface area contributed by atoms with Gasteiger partial charge in [-0.3, -0.25) is 15.1 Å². The van der Waals surface area contributed by atoms with Gasteiger partial charge in [0.15, 0.2) is 4.34 Å². The molecule has 0 aliphatic heterocycles. The molecule has 0 bridgehead atoms. The Balaban J connectivity index is 1.26. The minimum atomic E-state index is -0.268. The van der Waals surface area contributed by atoms with E-state index < -0.39 is 0 Å². The molecule has 0 atom stereocenters. The van der Waals surface area contributed by atoms with Crippen molar-refractivity contribution in [3.63, 3.8) is 0 Å². The highest BCUT2D eigenvalue weighted by molar-refractivity contribution is 8.00. The molecule has 0 aliphatic carbocycles. The van der Waals surface area contributed by atoms with E-state index in [9.17, 15) is 4.79 Å². The number of pyridine rings is 1. The monoisotopic (exact) mass is 546 g/mol. The molecule has 11 nitrogen and oxygen atoms in total. The quantitative estimate of drug-likeness (QED) is 0.0882. The van der Waals surface area contributed by atoms with Crippen LogP contribution in [0.2, 0.25) is 5.02 Å². The van der Waals surface area contributed by atoms with E-state index in [0.29, 0.717) is 26.8 Å². The number of carbonyl (C=O) groups excluding carboxylic acids is 1. The minimum absolute atomic E-state index is 0.0627. The normalized spacial score (nSPS) is 11.4. The second kappa shape index (κ2) is 12.0. The standard InChI is InChI=1S/C20H19ClN10OS3/c1-12(15-8-4-5-9-23-15)25-26-17-27-29-19(31(17)22)33-11-16(32)24-18-28-30-20(35-18)34-10-13-6-2-3-7-14(13)21/h2-9H,10-11,22H2,1H3,(H,26,27)(H,24,28,32)/b25-12+. The number of nitrogens with two attached hydrogens (primary N) is 1. The second-order valence-corrected chi connectivity index (χ2v) is 10.3. The molecule has 180 valence electrons. The molecule has 0 fully saturated rings. The molecular formula is C20H19ClN10OS3. The summed E-state index contributed by atoms with van der Waals surface area (Å²) >= 11 is 10.1. The number of benzene rings is 1. The van der Waals surface area contributed by atoms with Crippen LogP contribution in [-0.2, 0) is 10.5 Å². The first-order chi connectivity index (χ1) is 17.0. The summed E-state index contributed by atoms with van der Waals surface area (Å²) in [7, 11) is 0. The topological polar surface area (TPSA) is 149 Å². The van der Waals surface area contributed by atoms with Gasteiger partial charge in [0.2, 0.25) is 16.2 Å².